The zero-order chi connectivity index (χ0) is 18.8. The summed E-state index contributed by atoms with van der Waals surface area (Å²) >= 11 is 0. The SMILES string of the molecule is O=C(NCc1ccccc1F)C1NC(c2ccc(F)cc2)=C2C=CC=CN21. The maximum absolute atomic E-state index is 13.8. The average Bonchev–Trinajstić information content (AvgIpc) is 3.08. The molecule has 0 saturated carbocycles. The first kappa shape index (κ1) is 17.0. The zero-order valence-corrected chi connectivity index (χ0v) is 14.3. The first-order chi connectivity index (χ1) is 13.1. The third-order valence-corrected chi connectivity index (χ3v) is 4.50. The lowest BCUT2D eigenvalue weighted by molar-refractivity contribution is -0.125. The highest BCUT2D eigenvalue weighted by Crippen LogP contribution is 2.30. The van der Waals surface area contributed by atoms with Gasteiger partial charge in [-0.05, 0) is 48.0 Å². The molecule has 2 aromatic rings. The minimum atomic E-state index is -0.673. The fourth-order valence-corrected chi connectivity index (χ4v) is 3.13. The van der Waals surface area contributed by atoms with E-state index in [4.69, 9.17) is 0 Å². The van der Waals surface area contributed by atoms with Crippen LogP contribution in [0.15, 0.2) is 78.7 Å². The molecule has 27 heavy (non-hydrogen) atoms. The topological polar surface area (TPSA) is 44.4 Å². The molecule has 2 aliphatic heterocycles. The number of carbonyl (C=O) groups excluding carboxylic acids is 1. The first-order valence-electron chi connectivity index (χ1n) is 8.54. The predicted molar refractivity (Wildman–Crippen MR) is 98.6 cm³/mol. The molecule has 2 N–H and O–H groups in total. The molecule has 0 fully saturated rings. The van der Waals surface area contributed by atoms with Crippen molar-refractivity contribution >= 4 is 11.6 Å². The van der Waals surface area contributed by atoms with Gasteiger partial charge in [-0.3, -0.25) is 4.79 Å². The van der Waals surface area contributed by atoms with Crippen molar-refractivity contribution in [3.8, 4) is 0 Å². The van der Waals surface area contributed by atoms with Crippen molar-refractivity contribution in [3.05, 3.63) is 101 Å². The Bertz CT molecular complexity index is 964. The second-order valence-electron chi connectivity index (χ2n) is 6.23. The molecule has 4 rings (SSSR count). The summed E-state index contributed by atoms with van der Waals surface area (Å²) in [5.74, 6) is -0.964. The molecule has 6 heteroatoms. The molecular formula is C21H17F2N3O. The number of nitrogens with one attached hydrogen (secondary N) is 2. The Balaban J connectivity index is 1.54. The molecule has 136 valence electrons. The van der Waals surface area contributed by atoms with Gasteiger partial charge in [-0.25, -0.2) is 8.78 Å². The van der Waals surface area contributed by atoms with Crippen LogP contribution in [0, 0.1) is 11.6 Å². The monoisotopic (exact) mass is 365 g/mol. The van der Waals surface area contributed by atoms with Gasteiger partial charge in [0.15, 0.2) is 6.17 Å². The summed E-state index contributed by atoms with van der Waals surface area (Å²) in [6, 6.07) is 12.4. The first-order valence-corrected chi connectivity index (χ1v) is 8.54. The molecule has 0 radical (unpaired) electrons. The lowest BCUT2D eigenvalue weighted by atomic mass is 10.1. The number of nitrogens with zero attached hydrogens (tertiary/aromatic N) is 1. The Morgan fingerprint density at radius 1 is 1.07 bits per heavy atom. The number of amides is 1. The lowest BCUT2D eigenvalue weighted by Crippen LogP contribution is -2.47. The molecule has 1 amide bonds. The Hall–Kier alpha value is -3.41. The number of hydrogen-bond acceptors (Lipinski definition) is 3. The van der Waals surface area contributed by atoms with Crippen LogP contribution in [-0.2, 0) is 11.3 Å². The van der Waals surface area contributed by atoms with E-state index in [0.717, 1.165) is 17.0 Å². The van der Waals surface area contributed by atoms with E-state index >= 15 is 0 Å². The molecule has 4 nitrogen and oxygen atoms in total. The van der Waals surface area contributed by atoms with Gasteiger partial charge in [0.1, 0.15) is 11.6 Å². The van der Waals surface area contributed by atoms with Gasteiger partial charge in [0.25, 0.3) is 5.91 Å². The number of halogens is 2. The zero-order valence-electron chi connectivity index (χ0n) is 14.3. The largest absolute Gasteiger partial charge is 0.355 e. The van der Waals surface area contributed by atoms with Crippen molar-refractivity contribution in [2.45, 2.75) is 12.7 Å². The predicted octanol–water partition coefficient (Wildman–Crippen LogP) is 3.26. The molecule has 2 aliphatic rings. The van der Waals surface area contributed by atoms with Crippen LogP contribution in [0.5, 0.6) is 0 Å². The standard InChI is InChI=1S/C21H17F2N3O/c22-16-10-8-14(9-11-16)19-18-7-3-4-12-26(18)20(25-19)21(27)24-13-15-5-1-2-6-17(15)23/h1-12,20,25H,13H2,(H,24,27). The average molecular weight is 365 g/mol. The second kappa shape index (κ2) is 7.07. The van der Waals surface area contributed by atoms with Crippen molar-refractivity contribution in [2.24, 2.45) is 0 Å². The van der Waals surface area contributed by atoms with Crippen LogP contribution in [0.1, 0.15) is 11.1 Å². The van der Waals surface area contributed by atoms with E-state index in [9.17, 15) is 13.6 Å². The number of hydrogen-bond donors (Lipinski definition) is 2. The van der Waals surface area contributed by atoms with Crippen LogP contribution in [0.25, 0.3) is 5.70 Å². The molecular weight excluding hydrogens is 348 g/mol. The third-order valence-electron chi connectivity index (χ3n) is 4.50. The molecule has 0 saturated heterocycles. The Kier molecular flexibility index (Phi) is 4.46. The Morgan fingerprint density at radius 2 is 1.85 bits per heavy atom. The summed E-state index contributed by atoms with van der Waals surface area (Å²) in [6.45, 7) is 0.0955. The summed E-state index contributed by atoms with van der Waals surface area (Å²) in [6.07, 6.45) is 6.71. The molecule has 1 atom stereocenters. The number of rotatable bonds is 4. The van der Waals surface area contributed by atoms with Crippen molar-refractivity contribution < 1.29 is 13.6 Å². The van der Waals surface area contributed by atoms with E-state index in [-0.39, 0.29) is 24.1 Å². The van der Waals surface area contributed by atoms with Gasteiger partial charge in [-0.1, -0.05) is 24.3 Å². The summed E-state index contributed by atoms with van der Waals surface area (Å²) in [5, 5.41) is 5.96. The van der Waals surface area contributed by atoms with E-state index in [0.29, 0.717) is 5.56 Å². The molecule has 2 aromatic carbocycles. The Morgan fingerprint density at radius 3 is 2.63 bits per heavy atom. The molecule has 0 aliphatic carbocycles. The van der Waals surface area contributed by atoms with Crippen molar-refractivity contribution in [1.82, 2.24) is 15.5 Å². The third kappa shape index (κ3) is 3.33. The van der Waals surface area contributed by atoms with Crippen molar-refractivity contribution in [3.63, 3.8) is 0 Å². The van der Waals surface area contributed by atoms with Gasteiger partial charge in [0.05, 0.1) is 11.4 Å². The van der Waals surface area contributed by atoms with E-state index < -0.39 is 6.17 Å². The highest BCUT2D eigenvalue weighted by molar-refractivity contribution is 5.87. The number of fused-ring (bicyclic) bond motifs is 1. The van der Waals surface area contributed by atoms with Gasteiger partial charge in [0, 0.05) is 18.3 Å². The molecule has 1 unspecified atom stereocenters. The Labute approximate surface area is 155 Å². The highest BCUT2D eigenvalue weighted by Gasteiger charge is 2.35. The fraction of sp³-hybridized carbons (Fsp3) is 0.0952. The fourth-order valence-electron chi connectivity index (χ4n) is 3.13. The van der Waals surface area contributed by atoms with E-state index in [1.165, 1.54) is 18.2 Å². The highest BCUT2D eigenvalue weighted by atomic mass is 19.1. The van der Waals surface area contributed by atoms with Gasteiger partial charge >= 0.3 is 0 Å². The number of allylic oxidation sites excluding steroid dienone is 3. The molecule has 0 spiro atoms. The van der Waals surface area contributed by atoms with E-state index in [2.05, 4.69) is 10.6 Å². The number of carbonyl (C=O) groups is 1. The maximum Gasteiger partial charge on any atom is 0.264 e. The van der Waals surface area contributed by atoms with Gasteiger partial charge in [-0.15, -0.1) is 0 Å². The van der Waals surface area contributed by atoms with Crippen LogP contribution in [0.3, 0.4) is 0 Å². The number of benzene rings is 2. The summed E-state index contributed by atoms with van der Waals surface area (Å²) < 4.78 is 27.0. The van der Waals surface area contributed by atoms with Gasteiger partial charge in [0.2, 0.25) is 0 Å². The lowest BCUT2D eigenvalue weighted by Gasteiger charge is -2.25. The van der Waals surface area contributed by atoms with Crippen LogP contribution >= 0.6 is 0 Å². The molecule has 0 bridgehead atoms. The summed E-state index contributed by atoms with van der Waals surface area (Å²) in [7, 11) is 0. The minimum absolute atomic E-state index is 0.0955. The minimum Gasteiger partial charge on any atom is -0.355 e. The van der Waals surface area contributed by atoms with Crippen LogP contribution < -0.4 is 10.6 Å². The maximum atomic E-state index is 13.8. The summed E-state index contributed by atoms with van der Waals surface area (Å²) in [4.78, 5) is 14.5. The van der Waals surface area contributed by atoms with Gasteiger partial charge < -0.3 is 15.5 Å². The second-order valence-corrected chi connectivity index (χ2v) is 6.23. The molecule has 0 aromatic heterocycles. The van der Waals surface area contributed by atoms with E-state index in [1.807, 2.05) is 18.2 Å². The van der Waals surface area contributed by atoms with Crippen LogP contribution in [-0.4, -0.2) is 17.0 Å². The quantitative estimate of drug-likeness (QED) is 0.874. The summed E-state index contributed by atoms with van der Waals surface area (Å²) in [5.41, 5.74) is 2.75. The van der Waals surface area contributed by atoms with E-state index in [1.54, 1.807) is 41.4 Å². The van der Waals surface area contributed by atoms with Gasteiger partial charge in [-0.2, -0.15) is 0 Å². The van der Waals surface area contributed by atoms with Crippen LogP contribution in [0.4, 0.5) is 8.78 Å². The smallest absolute Gasteiger partial charge is 0.264 e. The van der Waals surface area contributed by atoms with Crippen molar-refractivity contribution in [1.29, 1.82) is 0 Å². The van der Waals surface area contributed by atoms with Crippen molar-refractivity contribution in [2.75, 3.05) is 0 Å². The molecule has 2 heterocycles. The normalized spacial score (nSPS) is 17.7. The van der Waals surface area contributed by atoms with Crippen LogP contribution in [0.2, 0.25) is 0 Å².